The van der Waals surface area contributed by atoms with Gasteiger partial charge in [-0.3, -0.25) is 0 Å². The van der Waals surface area contributed by atoms with Gasteiger partial charge in [0.25, 0.3) is 0 Å². The van der Waals surface area contributed by atoms with E-state index in [2.05, 4.69) is 146 Å². The van der Waals surface area contributed by atoms with Crippen LogP contribution in [0, 0.1) is 0 Å². The molecule has 2 aliphatic carbocycles. The number of rotatable bonds is 2. The molecule has 0 aromatic heterocycles. The van der Waals surface area contributed by atoms with Crippen LogP contribution in [0.5, 0.6) is 0 Å². The second-order valence-electron chi connectivity index (χ2n) is 11.2. The molecule has 0 saturated carbocycles. The highest BCUT2D eigenvalue weighted by atomic mass is 14.4. The third kappa shape index (κ3) is 2.96. The fourth-order valence-corrected chi connectivity index (χ4v) is 7.57. The lowest BCUT2D eigenvalue weighted by Gasteiger charge is -2.19. The number of hydrogen-bond acceptors (Lipinski definition) is 0. The van der Waals surface area contributed by atoms with Crippen LogP contribution in [-0.4, -0.2) is 0 Å². The van der Waals surface area contributed by atoms with Crippen molar-refractivity contribution in [3.63, 3.8) is 0 Å². The van der Waals surface area contributed by atoms with Gasteiger partial charge in [-0.1, -0.05) is 133 Å². The third-order valence-electron chi connectivity index (χ3n) is 9.24. The summed E-state index contributed by atoms with van der Waals surface area (Å²) in [5.41, 5.74) is 13.9. The van der Waals surface area contributed by atoms with Gasteiger partial charge in [-0.05, 0) is 89.3 Å². The van der Waals surface area contributed by atoms with E-state index in [0.29, 0.717) is 0 Å². The average Bonchev–Trinajstić information content (AvgIpc) is 3.51. The molecule has 2 atom stereocenters. The third-order valence-corrected chi connectivity index (χ3v) is 9.24. The van der Waals surface area contributed by atoms with Crippen molar-refractivity contribution in [2.24, 2.45) is 0 Å². The molecule has 9 rings (SSSR count). The lowest BCUT2D eigenvalue weighted by molar-refractivity contribution is 1.01. The van der Waals surface area contributed by atoms with Crippen molar-refractivity contribution in [2.75, 3.05) is 0 Å². The van der Waals surface area contributed by atoms with Gasteiger partial charge in [0.1, 0.15) is 0 Å². The van der Waals surface area contributed by atoms with E-state index in [0.717, 1.165) is 0 Å². The van der Waals surface area contributed by atoms with E-state index < -0.39 is 0 Å². The van der Waals surface area contributed by atoms with Gasteiger partial charge in [0.2, 0.25) is 0 Å². The summed E-state index contributed by atoms with van der Waals surface area (Å²) in [5, 5.41) is 5.28. The minimum absolute atomic E-state index is 0.214. The fourth-order valence-electron chi connectivity index (χ4n) is 7.57. The first kappa shape index (κ1) is 21.9. The topological polar surface area (TPSA) is 0 Å². The standard InChI is InChI=1S/C40H26/c1-3-15-27-25(11-1)13-9-21-31(27)39-33-19-7-5-17-29(33)35-24-38-36(23-37(35)39)30-18-6-8-20-34(30)40(38)32-22-10-14-26-12-2-4-16-28(26)32/h1-24,39-40H. The predicted octanol–water partition coefficient (Wildman–Crippen LogP) is 10.3. The first-order valence-electron chi connectivity index (χ1n) is 14.2. The summed E-state index contributed by atoms with van der Waals surface area (Å²) in [6, 6.07) is 54.4. The molecule has 0 fully saturated rings. The summed E-state index contributed by atoms with van der Waals surface area (Å²) in [6.07, 6.45) is 0. The Hall–Kier alpha value is -4.94. The molecule has 2 aliphatic rings. The Labute approximate surface area is 234 Å². The Morgan fingerprint density at radius 3 is 1.15 bits per heavy atom. The molecule has 0 saturated heterocycles. The maximum Gasteiger partial charge on any atom is 0.0358 e. The minimum Gasteiger partial charge on any atom is -0.0619 e. The van der Waals surface area contributed by atoms with Crippen LogP contribution in [0.15, 0.2) is 146 Å². The van der Waals surface area contributed by atoms with Gasteiger partial charge in [0.15, 0.2) is 0 Å². The number of fused-ring (bicyclic) bond motifs is 8. The normalized spacial score (nSPS) is 16.5. The van der Waals surface area contributed by atoms with E-state index in [4.69, 9.17) is 0 Å². The molecule has 186 valence electrons. The van der Waals surface area contributed by atoms with E-state index in [1.807, 2.05) is 0 Å². The molecule has 0 spiro atoms. The molecule has 0 radical (unpaired) electrons. The Kier molecular flexibility index (Phi) is 4.54. The second-order valence-corrected chi connectivity index (χ2v) is 11.2. The second kappa shape index (κ2) is 8.28. The van der Waals surface area contributed by atoms with Gasteiger partial charge in [0.05, 0.1) is 0 Å². The molecule has 0 heteroatoms. The van der Waals surface area contributed by atoms with Crippen molar-refractivity contribution in [1.29, 1.82) is 0 Å². The molecule has 0 nitrogen and oxygen atoms in total. The SMILES string of the molecule is c1ccc2c(c1)-c1cc3c(cc1C2c1cccc2ccccc12)-c1ccccc1C3c1cccc2ccccc12. The van der Waals surface area contributed by atoms with Gasteiger partial charge >= 0.3 is 0 Å². The molecule has 40 heavy (non-hydrogen) atoms. The van der Waals surface area contributed by atoms with Crippen LogP contribution >= 0.6 is 0 Å². The van der Waals surface area contributed by atoms with Gasteiger partial charge in [-0.15, -0.1) is 0 Å². The fraction of sp³-hybridized carbons (Fsp3) is 0.0500. The number of hydrogen-bond donors (Lipinski definition) is 0. The minimum atomic E-state index is 0.214. The summed E-state index contributed by atoms with van der Waals surface area (Å²) in [5.74, 6) is 0.428. The summed E-state index contributed by atoms with van der Waals surface area (Å²) < 4.78 is 0. The Morgan fingerprint density at radius 2 is 0.650 bits per heavy atom. The molecule has 0 amide bonds. The molecule has 0 bridgehead atoms. The Morgan fingerprint density at radius 1 is 0.275 bits per heavy atom. The number of benzene rings is 7. The van der Waals surface area contributed by atoms with Crippen LogP contribution in [0.4, 0.5) is 0 Å². The largest absolute Gasteiger partial charge is 0.0619 e. The van der Waals surface area contributed by atoms with Crippen LogP contribution in [0.25, 0.3) is 43.8 Å². The van der Waals surface area contributed by atoms with Crippen molar-refractivity contribution in [2.45, 2.75) is 11.8 Å². The molecule has 7 aromatic rings. The Bertz CT molecular complexity index is 1960. The van der Waals surface area contributed by atoms with E-state index in [1.165, 1.54) is 77.2 Å². The zero-order chi connectivity index (χ0) is 26.2. The Balaban J connectivity index is 1.34. The highest BCUT2D eigenvalue weighted by molar-refractivity contribution is 5.95. The molecule has 0 aliphatic heterocycles. The molecular formula is C40H26. The zero-order valence-corrected chi connectivity index (χ0v) is 22.0. The van der Waals surface area contributed by atoms with Crippen molar-refractivity contribution < 1.29 is 0 Å². The maximum atomic E-state index is 2.53. The van der Waals surface area contributed by atoms with Gasteiger partial charge in [-0.25, -0.2) is 0 Å². The molecule has 0 N–H and O–H groups in total. The van der Waals surface area contributed by atoms with E-state index >= 15 is 0 Å². The van der Waals surface area contributed by atoms with Crippen molar-refractivity contribution in [3.05, 3.63) is 179 Å². The van der Waals surface area contributed by atoms with Crippen LogP contribution in [-0.2, 0) is 0 Å². The average molecular weight is 507 g/mol. The lowest BCUT2D eigenvalue weighted by Crippen LogP contribution is -2.02. The summed E-state index contributed by atoms with van der Waals surface area (Å²) in [6.45, 7) is 0. The van der Waals surface area contributed by atoms with E-state index in [1.54, 1.807) is 0 Å². The highest BCUT2D eigenvalue weighted by Crippen LogP contribution is 2.56. The zero-order valence-electron chi connectivity index (χ0n) is 22.0. The molecule has 2 unspecified atom stereocenters. The van der Waals surface area contributed by atoms with Crippen LogP contribution in [0.2, 0.25) is 0 Å². The van der Waals surface area contributed by atoms with Crippen LogP contribution in [0.1, 0.15) is 45.2 Å². The summed E-state index contributed by atoms with van der Waals surface area (Å²) in [7, 11) is 0. The smallest absolute Gasteiger partial charge is 0.0358 e. The molecular weight excluding hydrogens is 480 g/mol. The van der Waals surface area contributed by atoms with E-state index in [9.17, 15) is 0 Å². The van der Waals surface area contributed by atoms with Crippen LogP contribution in [0.3, 0.4) is 0 Å². The van der Waals surface area contributed by atoms with Crippen LogP contribution < -0.4 is 0 Å². The monoisotopic (exact) mass is 506 g/mol. The summed E-state index contributed by atoms with van der Waals surface area (Å²) in [4.78, 5) is 0. The van der Waals surface area contributed by atoms with Gasteiger partial charge < -0.3 is 0 Å². The van der Waals surface area contributed by atoms with Crippen molar-refractivity contribution >= 4 is 21.5 Å². The maximum absolute atomic E-state index is 2.53. The van der Waals surface area contributed by atoms with Gasteiger partial charge in [0, 0.05) is 11.8 Å². The lowest BCUT2D eigenvalue weighted by atomic mass is 9.83. The summed E-state index contributed by atoms with van der Waals surface area (Å²) >= 11 is 0. The van der Waals surface area contributed by atoms with Gasteiger partial charge in [-0.2, -0.15) is 0 Å². The molecule has 0 heterocycles. The van der Waals surface area contributed by atoms with Crippen molar-refractivity contribution in [1.82, 2.24) is 0 Å². The van der Waals surface area contributed by atoms with E-state index in [-0.39, 0.29) is 11.8 Å². The quantitative estimate of drug-likeness (QED) is 0.219. The first-order chi connectivity index (χ1) is 19.9. The first-order valence-corrected chi connectivity index (χ1v) is 14.2. The predicted molar refractivity (Wildman–Crippen MR) is 167 cm³/mol. The van der Waals surface area contributed by atoms with Crippen molar-refractivity contribution in [3.8, 4) is 22.3 Å². The molecule has 7 aromatic carbocycles. The highest BCUT2D eigenvalue weighted by Gasteiger charge is 2.37.